The molecule has 1 aliphatic rings. The Kier molecular flexibility index (Phi) is 18.7. The van der Waals surface area contributed by atoms with Gasteiger partial charge in [-0.3, -0.25) is 0 Å². The summed E-state index contributed by atoms with van der Waals surface area (Å²) in [5.74, 6) is 1.16. The van der Waals surface area contributed by atoms with Crippen LogP contribution in [0.25, 0.3) is 0 Å². The molecule has 0 aromatic heterocycles. The molecule has 1 saturated heterocycles. The molecule has 39 heavy (non-hydrogen) atoms. The summed E-state index contributed by atoms with van der Waals surface area (Å²) in [6.45, 7) is 10.4. The summed E-state index contributed by atoms with van der Waals surface area (Å²) < 4.78 is 23.1. The molecule has 5 nitrogen and oxygen atoms in total. The summed E-state index contributed by atoms with van der Waals surface area (Å²) in [4.78, 5) is 11.3. The third-order valence-corrected chi connectivity index (χ3v) is 7.47. The lowest BCUT2D eigenvalue weighted by molar-refractivity contribution is -0.206. The summed E-state index contributed by atoms with van der Waals surface area (Å²) >= 11 is 0. The van der Waals surface area contributed by atoms with E-state index in [0.717, 1.165) is 50.4 Å². The van der Waals surface area contributed by atoms with Crippen molar-refractivity contribution < 1.29 is 23.7 Å². The Morgan fingerprint density at radius 2 is 1.28 bits per heavy atom. The van der Waals surface area contributed by atoms with Gasteiger partial charge in [-0.05, 0) is 38.3 Å². The molecule has 1 aromatic rings. The Morgan fingerprint density at radius 3 is 1.85 bits per heavy atom. The molecule has 0 amide bonds. The first-order chi connectivity index (χ1) is 19.1. The maximum atomic E-state index is 11.3. The minimum Gasteiger partial charge on any atom is -0.494 e. The summed E-state index contributed by atoms with van der Waals surface area (Å²) in [6.07, 6.45) is 21.1. The number of hydrogen-bond acceptors (Lipinski definition) is 5. The molecule has 0 spiro atoms. The second-order valence-electron chi connectivity index (χ2n) is 11.3. The van der Waals surface area contributed by atoms with Crippen molar-refractivity contribution >= 4 is 5.97 Å². The van der Waals surface area contributed by atoms with Crippen LogP contribution in [0.15, 0.2) is 36.4 Å². The highest BCUT2D eigenvalue weighted by Gasteiger charge is 2.23. The van der Waals surface area contributed by atoms with Gasteiger partial charge in [-0.1, -0.05) is 116 Å². The maximum absolute atomic E-state index is 11.3. The van der Waals surface area contributed by atoms with Gasteiger partial charge in [0.05, 0.1) is 26.4 Å². The number of ether oxygens (including phenoxy) is 4. The van der Waals surface area contributed by atoms with Crippen molar-refractivity contribution in [2.45, 2.75) is 129 Å². The van der Waals surface area contributed by atoms with Crippen molar-refractivity contribution in [2.75, 3.05) is 26.4 Å². The topological polar surface area (TPSA) is 54.0 Å². The minimum absolute atomic E-state index is 0.250. The zero-order chi connectivity index (χ0) is 28.0. The third-order valence-electron chi connectivity index (χ3n) is 7.47. The van der Waals surface area contributed by atoms with Crippen LogP contribution >= 0.6 is 0 Å². The molecule has 0 saturated carbocycles. The molecular weight excluding hydrogens is 488 g/mol. The van der Waals surface area contributed by atoms with E-state index in [9.17, 15) is 4.79 Å². The van der Waals surface area contributed by atoms with Gasteiger partial charge in [-0.2, -0.15) is 0 Å². The van der Waals surface area contributed by atoms with Crippen LogP contribution in [-0.2, 0) is 19.0 Å². The van der Waals surface area contributed by atoms with Crippen LogP contribution in [0.1, 0.15) is 135 Å². The molecular formula is C34H56O5. The van der Waals surface area contributed by atoms with Crippen molar-refractivity contribution in [1.29, 1.82) is 0 Å². The number of carbonyl (C=O) groups excluding carboxylic acids is 1. The van der Waals surface area contributed by atoms with Crippen molar-refractivity contribution in [3.63, 3.8) is 0 Å². The quantitative estimate of drug-likeness (QED) is 0.0780. The molecule has 1 heterocycles. The van der Waals surface area contributed by atoms with Crippen molar-refractivity contribution in [3.05, 3.63) is 42.0 Å². The molecule has 0 radical (unpaired) electrons. The Morgan fingerprint density at radius 1 is 0.769 bits per heavy atom. The SMILES string of the molecule is C=C(C)C(=O)OCCCCCCCCCCOc1ccc(C2OCC(CCCCCCCCCC)CO2)cc1. The monoisotopic (exact) mass is 544 g/mol. The van der Waals surface area contributed by atoms with E-state index in [1.807, 2.05) is 12.1 Å². The van der Waals surface area contributed by atoms with Crippen LogP contribution in [0, 0.1) is 5.92 Å². The minimum atomic E-state index is -0.280. The van der Waals surface area contributed by atoms with Crippen LogP contribution in [0.5, 0.6) is 5.75 Å². The van der Waals surface area contributed by atoms with Crippen molar-refractivity contribution in [3.8, 4) is 5.75 Å². The molecule has 0 aliphatic carbocycles. The number of unbranched alkanes of at least 4 members (excludes halogenated alkanes) is 14. The molecule has 1 fully saturated rings. The van der Waals surface area contributed by atoms with E-state index in [-0.39, 0.29) is 12.3 Å². The third kappa shape index (κ3) is 16.1. The van der Waals surface area contributed by atoms with Gasteiger partial charge >= 0.3 is 5.97 Å². The largest absolute Gasteiger partial charge is 0.494 e. The Hall–Kier alpha value is -1.85. The van der Waals surface area contributed by atoms with E-state index in [1.54, 1.807) is 6.92 Å². The lowest BCUT2D eigenvalue weighted by atomic mass is 10.0. The summed E-state index contributed by atoms with van der Waals surface area (Å²) in [5, 5.41) is 0. The number of benzene rings is 1. The van der Waals surface area contributed by atoms with Gasteiger partial charge in [0.2, 0.25) is 0 Å². The molecule has 1 aliphatic heterocycles. The predicted molar refractivity (Wildman–Crippen MR) is 160 cm³/mol. The Bertz CT molecular complexity index is 751. The first-order valence-corrected chi connectivity index (χ1v) is 15.9. The van der Waals surface area contributed by atoms with Gasteiger partial charge in [0.1, 0.15) is 5.75 Å². The van der Waals surface area contributed by atoms with Crippen LogP contribution in [0.2, 0.25) is 0 Å². The van der Waals surface area contributed by atoms with Gasteiger partial charge in [0, 0.05) is 17.1 Å². The number of hydrogen-bond donors (Lipinski definition) is 0. The molecule has 0 N–H and O–H groups in total. The number of carbonyl (C=O) groups is 1. The zero-order valence-electron chi connectivity index (χ0n) is 25.1. The second-order valence-corrected chi connectivity index (χ2v) is 11.3. The van der Waals surface area contributed by atoms with E-state index in [0.29, 0.717) is 18.1 Å². The van der Waals surface area contributed by atoms with Gasteiger partial charge in [0.25, 0.3) is 0 Å². The summed E-state index contributed by atoms with van der Waals surface area (Å²) in [7, 11) is 0. The van der Waals surface area contributed by atoms with Crippen LogP contribution in [-0.4, -0.2) is 32.4 Å². The van der Waals surface area contributed by atoms with Crippen molar-refractivity contribution in [1.82, 2.24) is 0 Å². The highest BCUT2D eigenvalue weighted by atomic mass is 16.7. The van der Waals surface area contributed by atoms with E-state index in [2.05, 4.69) is 25.6 Å². The average molecular weight is 545 g/mol. The summed E-state index contributed by atoms with van der Waals surface area (Å²) in [6, 6.07) is 8.20. The van der Waals surface area contributed by atoms with E-state index in [4.69, 9.17) is 18.9 Å². The predicted octanol–water partition coefficient (Wildman–Crippen LogP) is 9.50. The normalized spacial score (nSPS) is 17.2. The van der Waals surface area contributed by atoms with Gasteiger partial charge in [-0.15, -0.1) is 0 Å². The van der Waals surface area contributed by atoms with E-state index < -0.39 is 0 Å². The van der Waals surface area contributed by atoms with Gasteiger partial charge in [-0.25, -0.2) is 4.79 Å². The molecule has 1 aromatic carbocycles. The fraction of sp³-hybridized carbons (Fsp3) is 0.735. The summed E-state index contributed by atoms with van der Waals surface area (Å²) in [5.41, 5.74) is 1.54. The average Bonchev–Trinajstić information content (AvgIpc) is 2.95. The smallest absolute Gasteiger partial charge is 0.333 e. The number of rotatable bonds is 23. The van der Waals surface area contributed by atoms with Crippen LogP contribution < -0.4 is 4.74 Å². The lowest BCUT2D eigenvalue weighted by Crippen LogP contribution is -2.27. The zero-order valence-corrected chi connectivity index (χ0v) is 25.1. The molecule has 5 heteroatoms. The maximum Gasteiger partial charge on any atom is 0.333 e. The molecule has 0 atom stereocenters. The molecule has 222 valence electrons. The van der Waals surface area contributed by atoms with Crippen LogP contribution in [0.4, 0.5) is 0 Å². The lowest BCUT2D eigenvalue weighted by Gasteiger charge is -2.29. The molecule has 2 rings (SSSR count). The fourth-order valence-electron chi connectivity index (χ4n) is 4.93. The van der Waals surface area contributed by atoms with Crippen LogP contribution in [0.3, 0.4) is 0 Å². The highest BCUT2D eigenvalue weighted by molar-refractivity contribution is 5.86. The Balaban J connectivity index is 1.42. The van der Waals surface area contributed by atoms with Gasteiger partial charge in [0.15, 0.2) is 6.29 Å². The number of esters is 1. The van der Waals surface area contributed by atoms with Gasteiger partial charge < -0.3 is 18.9 Å². The first-order valence-electron chi connectivity index (χ1n) is 15.9. The standard InChI is InChI=1S/C34H56O5/c1-4-5-6-7-8-11-14-17-20-30-27-38-34(39-28-30)31-21-23-32(24-22-31)36-25-18-15-12-9-10-13-16-19-26-37-33(35)29(2)3/h21-24,30,34H,2,4-20,25-28H2,1,3H3. The Labute approximate surface area is 239 Å². The van der Waals surface area contributed by atoms with E-state index in [1.165, 1.54) is 89.9 Å². The van der Waals surface area contributed by atoms with E-state index >= 15 is 0 Å². The molecule has 0 unspecified atom stereocenters. The van der Waals surface area contributed by atoms with Crippen molar-refractivity contribution in [2.24, 2.45) is 5.92 Å². The highest BCUT2D eigenvalue weighted by Crippen LogP contribution is 2.28. The molecule has 0 bridgehead atoms. The second kappa shape index (κ2) is 21.9. The first kappa shape index (κ1) is 33.4. The fourth-order valence-corrected chi connectivity index (χ4v) is 4.93.